The first-order valence-corrected chi connectivity index (χ1v) is 11.1. The number of hydrogen-bond donors (Lipinski definition) is 1. The maximum atomic E-state index is 14.2. The standard InChI is InChI=1S/C25H31FN2O4/c1-18-13-19(7-8-23(18)29)24(30)28-11-9-25(10-12-28)17-27(15-21(32-25)16-31-2)14-20-5-3-4-6-22(20)26/h3-8,13,21,29H,9-12,14-17H2,1-2H3. The van der Waals surface area contributed by atoms with Crippen LogP contribution in [0.4, 0.5) is 4.39 Å². The van der Waals surface area contributed by atoms with Crippen LogP contribution in [-0.4, -0.2) is 72.4 Å². The van der Waals surface area contributed by atoms with Crippen LogP contribution in [0, 0.1) is 12.7 Å². The van der Waals surface area contributed by atoms with Crippen molar-refractivity contribution in [3.63, 3.8) is 0 Å². The lowest BCUT2D eigenvalue weighted by Gasteiger charge is -2.50. The van der Waals surface area contributed by atoms with Gasteiger partial charge in [0.25, 0.3) is 5.91 Å². The Morgan fingerprint density at radius 3 is 2.69 bits per heavy atom. The predicted molar refractivity (Wildman–Crippen MR) is 119 cm³/mol. The fourth-order valence-corrected chi connectivity index (χ4v) is 4.81. The number of nitrogens with zero attached hydrogens (tertiary/aromatic N) is 2. The fraction of sp³-hybridized carbons (Fsp3) is 0.480. The van der Waals surface area contributed by atoms with Crippen molar-refractivity contribution >= 4 is 5.91 Å². The number of likely N-dealkylation sites (tertiary alicyclic amines) is 1. The highest BCUT2D eigenvalue weighted by atomic mass is 19.1. The van der Waals surface area contributed by atoms with Gasteiger partial charge in [-0.05, 0) is 49.6 Å². The molecule has 4 rings (SSSR count). The van der Waals surface area contributed by atoms with Crippen LogP contribution >= 0.6 is 0 Å². The second kappa shape index (κ2) is 9.57. The third-order valence-electron chi connectivity index (χ3n) is 6.50. The lowest BCUT2D eigenvalue weighted by atomic mass is 9.88. The first-order valence-electron chi connectivity index (χ1n) is 11.1. The molecule has 2 aromatic carbocycles. The number of phenols is 1. The van der Waals surface area contributed by atoms with Crippen molar-refractivity contribution in [2.24, 2.45) is 0 Å². The van der Waals surface area contributed by atoms with E-state index in [1.54, 1.807) is 38.3 Å². The topological polar surface area (TPSA) is 62.2 Å². The van der Waals surface area contributed by atoms with E-state index in [2.05, 4.69) is 4.90 Å². The van der Waals surface area contributed by atoms with E-state index >= 15 is 0 Å². The second-order valence-corrected chi connectivity index (χ2v) is 8.93. The number of halogens is 1. The number of carbonyl (C=O) groups is 1. The highest BCUT2D eigenvalue weighted by Crippen LogP contribution is 2.34. The fourth-order valence-electron chi connectivity index (χ4n) is 4.81. The molecule has 0 radical (unpaired) electrons. The van der Waals surface area contributed by atoms with Gasteiger partial charge in [0.2, 0.25) is 0 Å². The summed E-state index contributed by atoms with van der Waals surface area (Å²) in [6.45, 7) is 5.34. The molecule has 172 valence electrons. The zero-order valence-corrected chi connectivity index (χ0v) is 18.7. The third kappa shape index (κ3) is 4.95. The number of hydrogen-bond acceptors (Lipinski definition) is 5. The lowest BCUT2D eigenvalue weighted by molar-refractivity contribution is -0.187. The van der Waals surface area contributed by atoms with Gasteiger partial charge in [0.1, 0.15) is 11.6 Å². The molecule has 1 amide bonds. The van der Waals surface area contributed by atoms with Crippen molar-refractivity contribution in [2.75, 3.05) is 39.9 Å². The van der Waals surface area contributed by atoms with Crippen molar-refractivity contribution in [3.05, 3.63) is 65.0 Å². The van der Waals surface area contributed by atoms with Gasteiger partial charge in [-0.15, -0.1) is 0 Å². The normalized spacial score (nSPS) is 21.1. The summed E-state index contributed by atoms with van der Waals surface area (Å²) < 4.78 is 26.1. The molecule has 1 unspecified atom stereocenters. The molecule has 2 aliphatic rings. The Bertz CT molecular complexity index is 959. The molecular weight excluding hydrogens is 411 g/mol. The number of phenolic OH excluding ortho intramolecular Hbond substituents is 1. The maximum Gasteiger partial charge on any atom is 0.253 e. The monoisotopic (exact) mass is 442 g/mol. The van der Waals surface area contributed by atoms with E-state index in [1.165, 1.54) is 6.07 Å². The van der Waals surface area contributed by atoms with Crippen molar-refractivity contribution < 1.29 is 23.8 Å². The predicted octanol–water partition coefficient (Wildman–Crippen LogP) is 3.36. The minimum absolute atomic E-state index is 0.0320. The van der Waals surface area contributed by atoms with Gasteiger partial charge in [-0.1, -0.05) is 18.2 Å². The van der Waals surface area contributed by atoms with E-state index in [0.29, 0.717) is 68.9 Å². The number of carbonyl (C=O) groups excluding carboxylic acids is 1. The van der Waals surface area contributed by atoms with E-state index in [-0.39, 0.29) is 29.2 Å². The summed E-state index contributed by atoms with van der Waals surface area (Å²) in [4.78, 5) is 17.1. The molecule has 0 aliphatic carbocycles. The highest BCUT2D eigenvalue weighted by Gasteiger charge is 2.43. The van der Waals surface area contributed by atoms with E-state index in [9.17, 15) is 14.3 Å². The Morgan fingerprint density at radius 1 is 1.25 bits per heavy atom. The van der Waals surface area contributed by atoms with Gasteiger partial charge in [0.05, 0.1) is 18.3 Å². The molecule has 2 fully saturated rings. The number of morpholine rings is 1. The number of benzene rings is 2. The van der Waals surface area contributed by atoms with Crippen molar-refractivity contribution in [2.45, 2.75) is 38.0 Å². The van der Waals surface area contributed by atoms with Gasteiger partial charge in [-0.25, -0.2) is 4.39 Å². The number of ether oxygens (including phenoxy) is 2. The van der Waals surface area contributed by atoms with E-state index in [0.717, 1.165) is 0 Å². The molecule has 7 heteroatoms. The lowest BCUT2D eigenvalue weighted by Crippen LogP contribution is -2.60. The maximum absolute atomic E-state index is 14.2. The molecule has 6 nitrogen and oxygen atoms in total. The summed E-state index contributed by atoms with van der Waals surface area (Å²) in [5.41, 5.74) is 1.57. The summed E-state index contributed by atoms with van der Waals surface area (Å²) >= 11 is 0. The summed E-state index contributed by atoms with van der Waals surface area (Å²) in [7, 11) is 1.66. The number of piperidine rings is 1. The number of aromatic hydroxyl groups is 1. The average Bonchev–Trinajstić information content (AvgIpc) is 2.77. The van der Waals surface area contributed by atoms with Crippen molar-refractivity contribution in [1.29, 1.82) is 0 Å². The summed E-state index contributed by atoms with van der Waals surface area (Å²) in [6.07, 6.45) is 1.33. The zero-order chi connectivity index (χ0) is 22.7. The van der Waals surface area contributed by atoms with Crippen LogP contribution in [0.15, 0.2) is 42.5 Å². The smallest absolute Gasteiger partial charge is 0.253 e. The molecule has 2 saturated heterocycles. The van der Waals surface area contributed by atoms with Gasteiger partial charge in [0, 0.05) is 51.0 Å². The van der Waals surface area contributed by atoms with Gasteiger partial charge in [0.15, 0.2) is 0 Å². The molecule has 32 heavy (non-hydrogen) atoms. The Hall–Kier alpha value is -2.48. The molecule has 2 heterocycles. The van der Waals surface area contributed by atoms with Crippen LogP contribution in [0.25, 0.3) is 0 Å². The molecular formula is C25H31FN2O4. The van der Waals surface area contributed by atoms with Crippen molar-refractivity contribution in [3.8, 4) is 5.75 Å². The Kier molecular flexibility index (Phi) is 6.79. The first kappa shape index (κ1) is 22.7. The summed E-state index contributed by atoms with van der Waals surface area (Å²) in [5.74, 6) is -0.0368. The van der Waals surface area contributed by atoms with Crippen LogP contribution in [0.5, 0.6) is 5.75 Å². The average molecular weight is 443 g/mol. The number of methoxy groups -OCH3 is 1. The molecule has 2 aromatic rings. The third-order valence-corrected chi connectivity index (χ3v) is 6.50. The Labute approximate surface area is 188 Å². The SMILES string of the molecule is COCC1CN(Cc2ccccc2F)CC2(CCN(C(=O)c3ccc(O)c(C)c3)CC2)O1. The van der Waals surface area contributed by atoms with Crippen molar-refractivity contribution in [1.82, 2.24) is 9.80 Å². The molecule has 1 atom stereocenters. The zero-order valence-electron chi connectivity index (χ0n) is 18.7. The summed E-state index contributed by atoms with van der Waals surface area (Å²) in [6, 6.07) is 11.8. The van der Waals surface area contributed by atoms with Gasteiger partial charge < -0.3 is 19.5 Å². The molecule has 0 saturated carbocycles. The van der Waals surface area contributed by atoms with Crippen LogP contribution in [0.2, 0.25) is 0 Å². The van der Waals surface area contributed by atoms with Crippen LogP contribution in [0.3, 0.4) is 0 Å². The minimum Gasteiger partial charge on any atom is -0.508 e. The molecule has 0 aromatic heterocycles. The number of aryl methyl sites for hydroxylation is 1. The van der Waals surface area contributed by atoms with Gasteiger partial charge in [-0.2, -0.15) is 0 Å². The molecule has 1 N–H and O–H groups in total. The molecule has 1 spiro atoms. The minimum atomic E-state index is -0.381. The van der Waals surface area contributed by atoms with Crippen LogP contribution < -0.4 is 0 Å². The van der Waals surface area contributed by atoms with Crippen LogP contribution in [0.1, 0.15) is 34.3 Å². The number of rotatable bonds is 5. The Morgan fingerprint density at radius 2 is 2.00 bits per heavy atom. The first-order chi connectivity index (χ1) is 15.4. The van der Waals surface area contributed by atoms with E-state index < -0.39 is 0 Å². The molecule has 2 aliphatic heterocycles. The quantitative estimate of drug-likeness (QED) is 0.770. The van der Waals surface area contributed by atoms with Gasteiger partial charge >= 0.3 is 0 Å². The van der Waals surface area contributed by atoms with Gasteiger partial charge in [-0.3, -0.25) is 9.69 Å². The summed E-state index contributed by atoms with van der Waals surface area (Å²) in [5, 5.41) is 9.74. The Balaban J connectivity index is 1.44. The second-order valence-electron chi connectivity index (χ2n) is 8.93. The highest BCUT2D eigenvalue weighted by molar-refractivity contribution is 5.94. The number of amides is 1. The largest absolute Gasteiger partial charge is 0.508 e. The van der Waals surface area contributed by atoms with E-state index in [1.807, 2.05) is 17.0 Å². The van der Waals surface area contributed by atoms with E-state index in [4.69, 9.17) is 9.47 Å². The van der Waals surface area contributed by atoms with Crippen LogP contribution in [-0.2, 0) is 16.0 Å². The molecule has 0 bridgehead atoms.